The highest BCUT2D eigenvalue weighted by Crippen LogP contribution is 2.19. The molecule has 2 heterocycles. The second-order valence-corrected chi connectivity index (χ2v) is 8.01. The molecular weight excluding hydrogens is 407 g/mol. The Morgan fingerprint density at radius 3 is 2.67 bits per heavy atom. The molecule has 0 radical (unpaired) electrons. The molecule has 0 spiro atoms. The molecule has 3 N–H and O–H groups in total. The molecule has 0 unspecified atom stereocenters. The zero-order chi connectivity index (χ0) is 21.1. The molecule has 1 aliphatic rings. The van der Waals surface area contributed by atoms with Crippen molar-refractivity contribution in [2.75, 3.05) is 0 Å². The van der Waals surface area contributed by atoms with Crippen molar-refractivity contribution in [2.45, 2.75) is 44.2 Å². The average molecular weight is 429 g/mol. The second kappa shape index (κ2) is 8.83. The molecule has 1 aromatic carbocycles. The van der Waals surface area contributed by atoms with E-state index in [4.69, 9.17) is 11.6 Å². The summed E-state index contributed by atoms with van der Waals surface area (Å²) < 4.78 is 13.2. The minimum atomic E-state index is -0.781. The predicted molar refractivity (Wildman–Crippen MR) is 113 cm³/mol. The molecule has 8 heteroatoms. The van der Waals surface area contributed by atoms with Gasteiger partial charge in [0.25, 0.3) is 5.91 Å². The van der Waals surface area contributed by atoms with E-state index in [-0.39, 0.29) is 24.2 Å². The average Bonchev–Trinajstić information content (AvgIpc) is 3.38. The van der Waals surface area contributed by atoms with Crippen LogP contribution in [0.2, 0.25) is 5.15 Å². The lowest BCUT2D eigenvalue weighted by Crippen LogP contribution is -2.50. The van der Waals surface area contributed by atoms with E-state index in [0.29, 0.717) is 16.4 Å². The van der Waals surface area contributed by atoms with Gasteiger partial charge < -0.3 is 15.6 Å². The number of halogens is 2. The number of fused-ring (bicyclic) bond motifs is 1. The van der Waals surface area contributed by atoms with E-state index in [1.165, 1.54) is 12.1 Å². The summed E-state index contributed by atoms with van der Waals surface area (Å²) >= 11 is 5.91. The normalized spacial score (nSPS) is 15.3. The minimum absolute atomic E-state index is 0.131. The number of aromatic nitrogens is 2. The number of hydrogen-bond acceptors (Lipinski definition) is 3. The summed E-state index contributed by atoms with van der Waals surface area (Å²) in [5, 5.41) is 6.94. The number of nitrogens with one attached hydrogen (secondary N) is 3. The first-order valence-electron chi connectivity index (χ1n) is 9.98. The molecule has 1 aliphatic carbocycles. The van der Waals surface area contributed by atoms with Crippen molar-refractivity contribution in [1.29, 1.82) is 0 Å². The van der Waals surface area contributed by atoms with E-state index in [1.54, 1.807) is 30.5 Å². The van der Waals surface area contributed by atoms with Gasteiger partial charge in [0.1, 0.15) is 22.7 Å². The third-order valence-electron chi connectivity index (χ3n) is 5.39. The summed E-state index contributed by atoms with van der Waals surface area (Å²) in [7, 11) is 0. The van der Waals surface area contributed by atoms with Crippen LogP contribution in [0, 0.1) is 5.82 Å². The van der Waals surface area contributed by atoms with Crippen molar-refractivity contribution in [3.63, 3.8) is 0 Å². The maximum absolute atomic E-state index is 13.2. The third kappa shape index (κ3) is 4.79. The number of aromatic amines is 1. The van der Waals surface area contributed by atoms with Crippen LogP contribution in [0.4, 0.5) is 4.39 Å². The lowest BCUT2D eigenvalue weighted by Gasteiger charge is -2.21. The number of nitrogens with zero attached hydrogens (tertiary/aromatic N) is 1. The first kappa shape index (κ1) is 20.3. The van der Waals surface area contributed by atoms with Gasteiger partial charge in [0.2, 0.25) is 5.91 Å². The molecule has 2 amide bonds. The molecule has 156 valence electrons. The number of pyridine rings is 1. The molecule has 0 bridgehead atoms. The zero-order valence-corrected chi connectivity index (χ0v) is 17.0. The Morgan fingerprint density at radius 1 is 1.20 bits per heavy atom. The monoisotopic (exact) mass is 428 g/mol. The summed E-state index contributed by atoms with van der Waals surface area (Å²) in [6, 6.07) is 8.61. The van der Waals surface area contributed by atoms with Crippen LogP contribution in [-0.2, 0) is 11.2 Å². The lowest BCUT2D eigenvalue weighted by atomic mass is 10.0. The Morgan fingerprint density at radius 2 is 1.93 bits per heavy atom. The van der Waals surface area contributed by atoms with Crippen LogP contribution < -0.4 is 10.6 Å². The number of H-pyrrole nitrogens is 1. The zero-order valence-electron chi connectivity index (χ0n) is 16.3. The van der Waals surface area contributed by atoms with E-state index in [2.05, 4.69) is 20.6 Å². The van der Waals surface area contributed by atoms with Gasteiger partial charge in [-0.05, 0) is 42.7 Å². The van der Waals surface area contributed by atoms with Gasteiger partial charge in [-0.1, -0.05) is 36.6 Å². The fourth-order valence-corrected chi connectivity index (χ4v) is 3.97. The second-order valence-electron chi connectivity index (χ2n) is 7.62. The standard InChI is InChI=1S/C22H22ClFN4O2/c23-20-11-14-10-18(27-19(14)12-25-20)22(30)28-17(9-13-5-7-15(24)8-6-13)21(29)26-16-3-1-2-4-16/h5-8,10-12,16-17,27H,1-4,9H2,(H,26,29)(H,28,30)/t17-/m0/s1. The van der Waals surface area contributed by atoms with Gasteiger partial charge in [0.15, 0.2) is 0 Å². The van der Waals surface area contributed by atoms with Gasteiger partial charge in [-0.15, -0.1) is 0 Å². The molecule has 3 aromatic rings. The van der Waals surface area contributed by atoms with Crippen molar-refractivity contribution in [1.82, 2.24) is 20.6 Å². The van der Waals surface area contributed by atoms with E-state index < -0.39 is 11.9 Å². The van der Waals surface area contributed by atoms with Gasteiger partial charge in [-0.3, -0.25) is 9.59 Å². The molecule has 2 aromatic heterocycles. The molecule has 1 saturated carbocycles. The maximum atomic E-state index is 13.2. The Bertz CT molecular complexity index is 1060. The van der Waals surface area contributed by atoms with Crippen LogP contribution in [0.3, 0.4) is 0 Å². The largest absolute Gasteiger partial charge is 0.352 e. The predicted octanol–water partition coefficient (Wildman–Crippen LogP) is 3.76. The first-order chi connectivity index (χ1) is 14.5. The molecule has 1 fully saturated rings. The number of carbonyl (C=O) groups is 2. The Hall–Kier alpha value is -2.93. The lowest BCUT2D eigenvalue weighted by molar-refractivity contribution is -0.123. The molecule has 4 rings (SSSR count). The van der Waals surface area contributed by atoms with E-state index in [0.717, 1.165) is 36.6 Å². The summed E-state index contributed by atoms with van der Waals surface area (Å²) in [4.78, 5) is 32.8. The van der Waals surface area contributed by atoms with E-state index in [1.807, 2.05) is 0 Å². The maximum Gasteiger partial charge on any atom is 0.268 e. The number of amides is 2. The van der Waals surface area contributed by atoms with Crippen LogP contribution in [0.15, 0.2) is 42.6 Å². The van der Waals surface area contributed by atoms with Gasteiger partial charge in [-0.25, -0.2) is 9.37 Å². The number of hydrogen-bond donors (Lipinski definition) is 3. The quantitative estimate of drug-likeness (QED) is 0.522. The first-order valence-corrected chi connectivity index (χ1v) is 10.4. The van der Waals surface area contributed by atoms with Crippen molar-refractivity contribution >= 4 is 34.3 Å². The highest BCUT2D eigenvalue weighted by Gasteiger charge is 2.26. The van der Waals surface area contributed by atoms with Gasteiger partial charge >= 0.3 is 0 Å². The van der Waals surface area contributed by atoms with Crippen LogP contribution >= 0.6 is 11.6 Å². The van der Waals surface area contributed by atoms with Gasteiger partial charge in [0, 0.05) is 17.8 Å². The Kier molecular flexibility index (Phi) is 5.99. The highest BCUT2D eigenvalue weighted by atomic mass is 35.5. The highest BCUT2D eigenvalue weighted by molar-refractivity contribution is 6.30. The fourth-order valence-electron chi connectivity index (χ4n) is 3.80. The Labute approximate surface area is 178 Å². The van der Waals surface area contributed by atoms with Crippen molar-refractivity contribution < 1.29 is 14.0 Å². The number of rotatable bonds is 6. The van der Waals surface area contributed by atoms with Crippen LogP contribution in [-0.4, -0.2) is 33.9 Å². The summed E-state index contributed by atoms with van der Waals surface area (Å²) in [6.07, 6.45) is 5.88. The fraction of sp³-hybridized carbons (Fsp3) is 0.318. The van der Waals surface area contributed by atoms with Crippen molar-refractivity contribution in [3.05, 3.63) is 64.8 Å². The third-order valence-corrected chi connectivity index (χ3v) is 5.60. The molecule has 6 nitrogen and oxygen atoms in total. The molecule has 0 saturated heterocycles. The molecule has 1 atom stereocenters. The van der Waals surface area contributed by atoms with Crippen molar-refractivity contribution in [2.24, 2.45) is 0 Å². The molecular formula is C22H22ClFN4O2. The summed E-state index contributed by atoms with van der Waals surface area (Å²) in [5.41, 5.74) is 1.75. The number of benzene rings is 1. The smallest absolute Gasteiger partial charge is 0.268 e. The van der Waals surface area contributed by atoms with Crippen LogP contribution in [0.5, 0.6) is 0 Å². The van der Waals surface area contributed by atoms with Crippen LogP contribution in [0.1, 0.15) is 41.7 Å². The Balaban J connectivity index is 1.52. The minimum Gasteiger partial charge on any atom is -0.352 e. The topological polar surface area (TPSA) is 86.9 Å². The number of carbonyl (C=O) groups excluding carboxylic acids is 2. The SMILES string of the molecule is O=C(N[C@@H](Cc1ccc(F)cc1)C(=O)NC1CCCC1)c1cc2cc(Cl)ncc2[nH]1. The van der Waals surface area contributed by atoms with Crippen LogP contribution in [0.25, 0.3) is 10.9 Å². The summed E-state index contributed by atoms with van der Waals surface area (Å²) in [6.45, 7) is 0. The molecule has 0 aliphatic heterocycles. The molecule has 30 heavy (non-hydrogen) atoms. The van der Waals surface area contributed by atoms with Gasteiger partial charge in [-0.2, -0.15) is 0 Å². The van der Waals surface area contributed by atoms with E-state index in [9.17, 15) is 14.0 Å². The van der Waals surface area contributed by atoms with E-state index >= 15 is 0 Å². The van der Waals surface area contributed by atoms with Crippen molar-refractivity contribution in [3.8, 4) is 0 Å². The van der Waals surface area contributed by atoms with Gasteiger partial charge in [0.05, 0.1) is 11.7 Å². The summed E-state index contributed by atoms with van der Waals surface area (Å²) in [5.74, 6) is -0.989.